The van der Waals surface area contributed by atoms with Gasteiger partial charge in [0.05, 0.1) is 11.2 Å². The minimum Gasteiger partial charge on any atom is -0.488 e. The lowest BCUT2D eigenvalue weighted by atomic mass is 9.64. The van der Waals surface area contributed by atoms with Gasteiger partial charge in [0.15, 0.2) is 0 Å². The molecule has 1 aliphatic rings. The van der Waals surface area contributed by atoms with Gasteiger partial charge in [-0.15, -0.1) is 0 Å². The van der Waals surface area contributed by atoms with Crippen LogP contribution in [0.25, 0.3) is 0 Å². The van der Waals surface area contributed by atoms with Crippen LogP contribution in [0.4, 0.5) is 0 Å². The summed E-state index contributed by atoms with van der Waals surface area (Å²) < 4.78 is 5.97. The Morgan fingerprint density at radius 2 is 2.28 bits per heavy atom. The van der Waals surface area contributed by atoms with Gasteiger partial charge in [0.25, 0.3) is 0 Å². The molecule has 0 amide bonds. The summed E-state index contributed by atoms with van der Waals surface area (Å²) in [5.41, 5.74) is 0.150. The summed E-state index contributed by atoms with van der Waals surface area (Å²) in [5, 5.41) is 4.18. The molecule has 1 fully saturated rings. The number of hydrogen-bond donors (Lipinski definition) is 1. The first kappa shape index (κ1) is 13.6. The zero-order chi connectivity index (χ0) is 13.2. The van der Waals surface area contributed by atoms with Crippen LogP contribution in [0.15, 0.2) is 18.5 Å². The van der Waals surface area contributed by atoms with Crippen LogP contribution < -0.4 is 10.1 Å². The maximum Gasteiger partial charge on any atom is 0.139 e. The van der Waals surface area contributed by atoms with Crippen LogP contribution in [-0.2, 0) is 0 Å². The van der Waals surface area contributed by atoms with E-state index in [9.17, 15) is 0 Å². The van der Waals surface area contributed by atoms with E-state index in [1.807, 2.05) is 6.07 Å². The normalized spacial score (nSPS) is 25.6. The molecule has 0 spiro atoms. The maximum absolute atomic E-state index is 5.97. The molecular weight excluding hydrogens is 248 g/mol. The maximum atomic E-state index is 5.97. The molecule has 0 radical (unpaired) electrons. The molecule has 0 saturated heterocycles. The number of nitrogens with one attached hydrogen (secondary N) is 1. The number of hydrogen-bond acceptors (Lipinski definition) is 3. The van der Waals surface area contributed by atoms with E-state index >= 15 is 0 Å². The van der Waals surface area contributed by atoms with Crippen molar-refractivity contribution in [2.75, 3.05) is 6.54 Å². The average molecular weight is 269 g/mol. The number of nitrogens with zero attached hydrogens (tertiary/aromatic N) is 1. The molecule has 3 nitrogen and oxygen atoms in total. The summed E-state index contributed by atoms with van der Waals surface area (Å²) in [4.78, 5) is 4.04. The van der Waals surface area contributed by atoms with E-state index in [2.05, 4.69) is 31.1 Å². The van der Waals surface area contributed by atoms with Crippen LogP contribution >= 0.6 is 11.6 Å². The SMILES string of the molecule is CCCNC1CC(Oc2cncc(Cl)c2)C1(C)C. The lowest BCUT2D eigenvalue weighted by Crippen LogP contribution is -2.62. The van der Waals surface area contributed by atoms with E-state index in [-0.39, 0.29) is 11.5 Å². The Labute approximate surface area is 114 Å². The van der Waals surface area contributed by atoms with Gasteiger partial charge < -0.3 is 10.1 Å². The second-order valence-electron chi connectivity index (χ2n) is 5.51. The van der Waals surface area contributed by atoms with Gasteiger partial charge in [-0.05, 0) is 13.0 Å². The van der Waals surface area contributed by atoms with Crippen molar-refractivity contribution in [3.8, 4) is 5.75 Å². The van der Waals surface area contributed by atoms with E-state index in [1.165, 1.54) is 0 Å². The fourth-order valence-electron chi connectivity index (χ4n) is 2.37. The predicted molar refractivity (Wildman–Crippen MR) is 74.1 cm³/mol. The molecule has 1 aromatic heterocycles. The number of rotatable bonds is 5. The van der Waals surface area contributed by atoms with E-state index in [1.54, 1.807) is 12.4 Å². The smallest absolute Gasteiger partial charge is 0.139 e. The van der Waals surface area contributed by atoms with Gasteiger partial charge in [0, 0.05) is 30.1 Å². The second kappa shape index (κ2) is 5.45. The number of ether oxygens (including phenoxy) is 1. The van der Waals surface area contributed by atoms with E-state index in [0.717, 1.165) is 25.1 Å². The highest BCUT2D eigenvalue weighted by Crippen LogP contribution is 2.43. The highest BCUT2D eigenvalue weighted by atomic mass is 35.5. The van der Waals surface area contributed by atoms with Gasteiger partial charge in [-0.25, -0.2) is 0 Å². The molecule has 2 unspecified atom stereocenters. The molecule has 1 heterocycles. The van der Waals surface area contributed by atoms with Crippen LogP contribution in [0.3, 0.4) is 0 Å². The molecule has 2 rings (SSSR count). The summed E-state index contributed by atoms with van der Waals surface area (Å²) in [7, 11) is 0. The lowest BCUT2D eigenvalue weighted by Gasteiger charge is -2.51. The zero-order valence-corrected chi connectivity index (χ0v) is 12.0. The molecule has 100 valence electrons. The largest absolute Gasteiger partial charge is 0.488 e. The van der Waals surface area contributed by atoms with Crippen molar-refractivity contribution in [2.24, 2.45) is 5.41 Å². The van der Waals surface area contributed by atoms with Gasteiger partial charge in [0.2, 0.25) is 0 Å². The van der Waals surface area contributed by atoms with Gasteiger partial charge in [-0.3, -0.25) is 4.98 Å². The van der Waals surface area contributed by atoms with E-state index < -0.39 is 0 Å². The highest BCUT2D eigenvalue weighted by molar-refractivity contribution is 6.30. The Morgan fingerprint density at radius 1 is 1.50 bits per heavy atom. The van der Waals surface area contributed by atoms with Crippen molar-refractivity contribution in [2.45, 2.75) is 45.8 Å². The van der Waals surface area contributed by atoms with Crippen LogP contribution in [0, 0.1) is 5.41 Å². The molecule has 2 atom stereocenters. The Balaban J connectivity index is 1.93. The molecule has 1 aromatic rings. The monoisotopic (exact) mass is 268 g/mol. The zero-order valence-electron chi connectivity index (χ0n) is 11.2. The summed E-state index contributed by atoms with van der Waals surface area (Å²) in [5.74, 6) is 0.759. The topological polar surface area (TPSA) is 34.1 Å². The molecular formula is C14H21ClN2O. The van der Waals surface area contributed by atoms with Crippen LogP contribution in [0.2, 0.25) is 5.02 Å². The third-order valence-electron chi connectivity index (χ3n) is 3.78. The van der Waals surface area contributed by atoms with Crippen molar-refractivity contribution in [1.82, 2.24) is 10.3 Å². The molecule has 4 heteroatoms. The quantitative estimate of drug-likeness (QED) is 0.890. The molecule has 18 heavy (non-hydrogen) atoms. The Morgan fingerprint density at radius 3 is 2.89 bits per heavy atom. The first-order chi connectivity index (χ1) is 8.54. The molecule has 1 aliphatic carbocycles. The third-order valence-corrected chi connectivity index (χ3v) is 3.98. The minimum atomic E-state index is 0.150. The number of aromatic nitrogens is 1. The van der Waals surface area contributed by atoms with Crippen molar-refractivity contribution < 1.29 is 4.74 Å². The van der Waals surface area contributed by atoms with Gasteiger partial charge >= 0.3 is 0 Å². The molecule has 0 bridgehead atoms. The first-order valence-corrected chi connectivity index (χ1v) is 6.92. The van der Waals surface area contributed by atoms with Crippen LogP contribution in [0.5, 0.6) is 5.75 Å². The molecule has 1 N–H and O–H groups in total. The fourth-order valence-corrected chi connectivity index (χ4v) is 2.54. The van der Waals surface area contributed by atoms with Gasteiger partial charge in [-0.2, -0.15) is 0 Å². The van der Waals surface area contributed by atoms with Crippen LogP contribution in [-0.4, -0.2) is 23.7 Å². The van der Waals surface area contributed by atoms with Crippen molar-refractivity contribution in [3.05, 3.63) is 23.5 Å². The number of halogens is 1. The molecule has 1 saturated carbocycles. The molecule has 0 aromatic carbocycles. The first-order valence-electron chi connectivity index (χ1n) is 6.54. The third kappa shape index (κ3) is 2.78. The van der Waals surface area contributed by atoms with E-state index in [0.29, 0.717) is 11.1 Å². The van der Waals surface area contributed by atoms with Gasteiger partial charge in [-0.1, -0.05) is 32.4 Å². The summed E-state index contributed by atoms with van der Waals surface area (Å²) in [6, 6.07) is 2.35. The highest BCUT2D eigenvalue weighted by Gasteiger charge is 2.49. The van der Waals surface area contributed by atoms with E-state index in [4.69, 9.17) is 16.3 Å². The lowest BCUT2D eigenvalue weighted by molar-refractivity contribution is -0.0547. The second-order valence-corrected chi connectivity index (χ2v) is 5.95. The molecule has 0 aliphatic heterocycles. The Bertz CT molecular complexity index is 409. The van der Waals surface area contributed by atoms with Crippen molar-refractivity contribution in [3.63, 3.8) is 0 Å². The Hall–Kier alpha value is -0.800. The predicted octanol–water partition coefficient (Wildman–Crippen LogP) is 3.28. The van der Waals surface area contributed by atoms with Crippen molar-refractivity contribution >= 4 is 11.6 Å². The van der Waals surface area contributed by atoms with Crippen LogP contribution in [0.1, 0.15) is 33.6 Å². The fraction of sp³-hybridized carbons (Fsp3) is 0.643. The van der Waals surface area contributed by atoms with Gasteiger partial charge in [0.1, 0.15) is 11.9 Å². The minimum absolute atomic E-state index is 0.150. The summed E-state index contributed by atoms with van der Waals surface area (Å²) >= 11 is 5.90. The summed E-state index contributed by atoms with van der Waals surface area (Å²) in [6.45, 7) is 7.74. The summed E-state index contributed by atoms with van der Waals surface area (Å²) in [6.07, 6.45) is 5.77. The Kier molecular flexibility index (Phi) is 4.13. The standard InChI is InChI=1S/C14H21ClN2O/c1-4-5-17-12-7-13(14(12,2)3)18-11-6-10(15)8-16-9-11/h6,8-9,12-13,17H,4-5,7H2,1-3H3. The van der Waals surface area contributed by atoms with Crippen molar-refractivity contribution in [1.29, 1.82) is 0 Å². The average Bonchev–Trinajstić information content (AvgIpc) is 2.33. The number of pyridine rings is 1.